The molecule has 0 fully saturated rings. The minimum absolute atomic E-state index is 0.0519. The molecule has 6 heteroatoms. The number of aromatic hydroxyl groups is 1. The second-order valence-electron chi connectivity index (χ2n) is 5.73. The molecule has 25 heavy (non-hydrogen) atoms. The number of rotatable bonds is 6. The number of nitrogens with one attached hydrogen (secondary N) is 1. The highest BCUT2D eigenvalue weighted by atomic mass is 16.6. The Kier molecular flexibility index (Phi) is 6.54. The summed E-state index contributed by atoms with van der Waals surface area (Å²) in [5.41, 5.74) is 1.02. The van der Waals surface area contributed by atoms with Crippen molar-refractivity contribution in [1.29, 1.82) is 0 Å². The van der Waals surface area contributed by atoms with Crippen molar-refractivity contribution < 1.29 is 24.5 Å². The van der Waals surface area contributed by atoms with E-state index in [1.54, 1.807) is 42.5 Å². The van der Waals surface area contributed by atoms with E-state index in [1.165, 1.54) is 12.1 Å². The quantitative estimate of drug-likeness (QED) is 0.749. The van der Waals surface area contributed by atoms with Gasteiger partial charge in [0, 0.05) is 12.2 Å². The Labute approximate surface area is 146 Å². The summed E-state index contributed by atoms with van der Waals surface area (Å²) in [4.78, 5) is 24.1. The second-order valence-corrected chi connectivity index (χ2v) is 5.73. The largest absolute Gasteiger partial charge is 0.508 e. The number of amides is 2. The third kappa shape index (κ3) is 5.32. The van der Waals surface area contributed by atoms with E-state index in [1.807, 2.05) is 6.92 Å². The predicted molar refractivity (Wildman–Crippen MR) is 92.1 cm³/mol. The van der Waals surface area contributed by atoms with Crippen molar-refractivity contribution in [3.05, 3.63) is 65.7 Å². The molecule has 0 bridgehead atoms. The highest BCUT2D eigenvalue weighted by molar-refractivity contribution is 6.02. The predicted octanol–water partition coefficient (Wildman–Crippen LogP) is 3.02. The summed E-state index contributed by atoms with van der Waals surface area (Å²) in [7, 11) is 0. The van der Waals surface area contributed by atoms with E-state index in [9.17, 15) is 14.7 Å². The second kappa shape index (κ2) is 8.84. The molecule has 2 rings (SSSR count). The lowest BCUT2D eigenvalue weighted by atomic mass is 9.94. The van der Waals surface area contributed by atoms with Crippen LogP contribution in [0.2, 0.25) is 0 Å². The average Bonchev–Trinajstić information content (AvgIpc) is 2.61. The zero-order valence-corrected chi connectivity index (χ0v) is 13.9. The molecule has 2 aromatic carbocycles. The van der Waals surface area contributed by atoms with Gasteiger partial charge in [0.2, 0.25) is 0 Å². The highest BCUT2D eigenvalue weighted by Gasteiger charge is 2.24. The van der Waals surface area contributed by atoms with Crippen molar-refractivity contribution in [1.82, 2.24) is 5.32 Å². The van der Waals surface area contributed by atoms with E-state index < -0.39 is 18.1 Å². The molecule has 2 aromatic rings. The molecule has 0 heterocycles. The molecule has 6 nitrogen and oxygen atoms in total. The van der Waals surface area contributed by atoms with Gasteiger partial charge in [-0.2, -0.15) is 0 Å². The van der Waals surface area contributed by atoms with E-state index >= 15 is 0 Å². The van der Waals surface area contributed by atoms with Gasteiger partial charge in [0.15, 0.2) is 0 Å². The zero-order chi connectivity index (χ0) is 18.2. The first-order chi connectivity index (χ1) is 12.0. The fourth-order valence-electron chi connectivity index (χ4n) is 2.43. The maximum absolute atomic E-state index is 12.1. The molecular weight excluding hydrogens is 322 g/mol. The van der Waals surface area contributed by atoms with Crippen molar-refractivity contribution in [2.24, 2.45) is 5.92 Å². The molecule has 0 saturated heterocycles. The number of aliphatic hydroxyl groups is 1. The normalized spacial score (nSPS) is 12.9. The van der Waals surface area contributed by atoms with Gasteiger partial charge < -0.3 is 14.9 Å². The van der Waals surface area contributed by atoms with Gasteiger partial charge in [-0.25, -0.2) is 4.79 Å². The van der Waals surface area contributed by atoms with Crippen LogP contribution in [0.15, 0.2) is 54.6 Å². The molecule has 3 N–H and O–H groups in total. The lowest BCUT2D eigenvalue weighted by Crippen LogP contribution is -2.33. The summed E-state index contributed by atoms with van der Waals surface area (Å²) in [6.07, 6.45) is -1.10. The van der Waals surface area contributed by atoms with Gasteiger partial charge in [-0.1, -0.05) is 37.3 Å². The monoisotopic (exact) mass is 343 g/mol. The molecule has 132 valence electrons. The summed E-state index contributed by atoms with van der Waals surface area (Å²) in [5.74, 6) is -0.627. The third-order valence-electron chi connectivity index (χ3n) is 3.81. The van der Waals surface area contributed by atoms with Crippen molar-refractivity contribution in [3.8, 4) is 5.75 Å². The Morgan fingerprint density at radius 2 is 1.72 bits per heavy atom. The fraction of sp³-hybridized carbons (Fsp3) is 0.263. The van der Waals surface area contributed by atoms with E-state index in [-0.39, 0.29) is 18.3 Å². The molecule has 0 spiro atoms. The molecule has 0 aliphatic heterocycles. The van der Waals surface area contributed by atoms with Gasteiger partial charge in [-0.3, -0.25) is 10.1 Å². The number of alkyl carbamates (subject to hydrolysis) is 1. The first kappa shape index (κ1) is 18.5. The summed E-state index contributed by atoms with van der Waals surface area (Å²) in [5, 5.41) is 20.7. The molecule has 0 aliphatic carbocycles. The maximum Gasteiger partial charge on any atom is 0.414 e. The number of ether oxygens (including phenoxy) is 1. The number of phenolic OH excluding ortho intramolecular Hbond substituents is 1. The minimum Gasteiger partial charge on any atom is -0.508 e. The molecule has 0 aromatic heterocycles. The van der Waals surface area contributed by atoms with E-state index in [0.717, 1.165) is 0 Å². The maximum atomic E-state index is 12.1. The number of aliphatic hydroxyl groups excluding tert-OH is 1. The summed E-state index contributed by atoms with van der Waals surface area (Å²) in [6.45, 7) is 1.78. The van der Waals surface area contributed by atoms with Gasteiger partial charge >= 0.3 is 6.09 Å². The Morgan fingerprint density at radius 1 is 1.08 bits per heavy atom. The van der Waals surface area contributed by atoms with Crippen LogP contribution in [0.5, 0.6) is 5.75 Å². The van der Waals surface area contributed by atoms with Crippen LogP contribution in [0.3, 0.4) is 0 Å². The lowest BCUT2D eigenvalue weighted by molar-refractivity contribution is 0.0545. The van der Waals surface area contributed by atoms with Crippen LogP contribution in [0, 0.1) is 5.92 Å². The Balaban J connectivity index is 2.08. The molecule has 0 saturated carbocycles. The molecule has 0 aliphatic rings. The summed E-state index contributed by atoms with van der Waals surface area (Å²) >= 11 is 0. The number of carbonyl (C=O) groups is 2. The van der Waals surface area contributed by atoms with Crippen LogP contribution in [0.1, 0.15) is 35.4 Å². The molecule has 2 amide bonds. The Hall–Kier alpha value is -2.86. The Morgan fingerprint density at radius 3 is 2.32 bits per heavy atom. The van der Waals surface area contributed by atoms with Crippen LogP contribution in [-0.2, 0) is 4.74 Å². The standard InChI is InChI=1S/C19H21NO5/c1-13(11-12-21)17(14-7-9-16(22)10-8-14)25-19(24)20-18(23)15-5-3-2-4-6-15/h2-10,13,17,21-22H,11-12H2,1H3,(H,20,23,24)/t13-,17-/m0/s1. The fourth-order valence-corrected chi connectivity index (χ4v) is 2.43. The average molecular weight is 343 g/mol. The number of hydrogen-bond acceptors (Lipinski definition) is 5. The van der Waals surface area contributed by atoms with E-state index in [2.05, 4.69) is 5.32 Å². The highest BCUT2D eigenvalue weighted by Crippen LogP contribution is 2.29. The van der Waals surface area contributed by atoms with Crippen LogP contribution >= 0.6 is 0 Å². The number of carbonyl (C=O) groups excluding carboxylic acids is 2. The van der Waals surface area contributed by atoms with Gasteiger partial charge in [-0.05, 0) is 42.2 Å². The smallest absolute Gasteiger partial charge is 0.414 e. The number of benzene rings is 2. The first-order valence-corrected chi connectivity index (χ1v) is 7.98. The Bertz CT molecular complexity index is 700. The van der Waals surface area contributed by atoms with Crippen molar-refractivity contribution >= 4 is 12.0 Å². The third-order valence-corrected chi connectivity index (χ3v) is 3.81. The van der Waals surface area contributed by atoms with Gasteiger partial charge in [0.05, 0.1) is 0 Å². The van der Waals surface area contributed by atoms with Crippen molar-refractivity contribution in [2.45, 2.75) is 19.4 Å². The number of hydrogen-bond donors (Lipinski definition) is 3. The van der Waals surface area contributed by atoms with Crippen LogP contribution in [0.4, 0.5) is 4.79 Å². The molecule has 0 radical (unpaired) electrons. The van der Waals surface area contributed by atoms with E-state index in [0.29, 0.717) is 17.5 Å². The SMILES string of the molecule is C[C@@H](CCO)[C@H](OC(=O)NC(=O)c1ccccc1)c1ccc(O)cc1. The number of imide groups is 1. The summed E-state index contributed by atoms with van der Waals surface area (Å²) in [6, 6.07) is 14.6. The van der Waals surface area contributed by atoms with Crippen LogP contribution in [0.25, 0.3) is 0 Å². The zero-order valence-electron chi connectivity index (χ0n) is 13.9. The summed E-state index contributed by atoms with van der Waals surface area (Å²) < 4.78 is 5.42. The minimum atomic E-state index is -0.864. The van der Waals surface area contributed by atoms with Gasteiger partial charge in [0.1, 0.15) is 11.9 Å². The van der Waals surface area contributed by atoms with Gasteiger partial charge in [-0.15, -0.1) is 0 Å². The topological polar surface area (TPSA) is 95.9 Å². The van der Waals surface area contributed by atoms with Crippen LogP contribution < -0.4 is 5.32 Å². The van der Waals surface area contributed by atoms with Crippen molar-refractivity contribution in [2.75, 3.05) is 6.61 Å². The molecular formula is C19H21NO5. The molecule has 2 atom stereocenters. The lowest BCUT2D eigenvalue weighted by Gasteiger charge is -2.24. The number of phenols is 1. The first-order valence-electron chi connectivity index (χ1n) is 7.98. The van der Waals surface area contributed by atoms with E-state index in [4.69, 9.17) is 9.84 Å². The van der Waals surface area contributed by atoms with Crippen molar-refractivity contribution in [3.63, 3.8) is 0 Å². The van der Waals surface area contributed by atoms with Gasteiger partial charge in [0.25, 0.3) is 5.91 Å². The molecule has 0 unspecified atom stereocenters. The van der Waals surface area contributed by atoms with Crippen LogP contribution in [-0.4, -0.2) is 28.8 Å².